The maximum Gasteiger partial charge on any atom is 0.261 e. The second-order valence-corrected chi connectivity index (χ2v) is 11.7. The van der Waals surface area contributed by atoms with E-state index in [0.29, 0.717) is 52.2 Å². The molecule has 0 radical (unpaired) electrons. The van der Waals surface area contributed by atoms with Crippen molar-refractivity contribution in [1.82, 2.24) is 9.88 Å². The van der Waals surface area contributed by atoms with Gasteiger partial charge in [-0.2, -0.15) is 0 Å². The van der Waals surface area contributed by atoms with Crippen LogP contribution in [0.15, 0.2) is 45.8 Å². The van der Waals surface area contributed by atoms with Gasteiger partial charge in [0.2, 0.25) is 0 Å². The van der Waals surface area contributed by atoms with Crippen LogP contribution in [0.4, 0.5) is 5.13 Å². The highest BCUT2D eigenvalue weighted by atomic mass is 79.9. The number of ether oxygens (including phenoxy) is 1. The summed E-state index contributed by atoms with van der Waals surface area (Å²) in [5.74, 6) is -0.287. The third-order valence-electron chi connectivity index (χ3n) is 5.15. The van der Waals surface area contributed by atoms with Crippen LogP contribution >= 0.6 is 51.3 Å². The summed E-state index contributed by atoms with van der Waals surface area (Å²) in [7, 11) is -3.46. The molecule has 1 aliphatic heterocycles. The van der Waals surface area contributed by atoms with E-state index in [2.05, 4.69) is 25.8 Å². The lowest BCUT2D eigenvalue weighted by molar-refractivity contribution is 0.0391. The van der Waals surface area contributed by atoms with Gasteiger partial charge in [0.1, 0.15) is 5.52 Å². The largest absolute Gasteiger partial charge is 0.379 e. The monoisotopic (exact) mass is 593 g/mol. The summed E-state index contributed by atoms with van der Waals surface area (Å²) in [5, 5.41) is 0.776. The number of aromatic nitrogens is 1. The Balaban J connectivity index is 0.00000306. The summed E-state index contributed by atoms with van der Waals surface area (Å²) in [6.07, 6.45) is 1.16. The predicted octanol–water partition coefficient (Wildman–Crippen LogP) is 4.52. The maximum atomic E-state index is 13.6. The van der Waals surface area contributed by atoms with Crippen LogP contribution in [0.3, 0.4) is 0 Å². The zero-order valence-electron chi connectivity index (χ0n) is 17.7. The van der Waals surface area contributed by atoms with Crippen LogP contribution in [-0.4, -0.2) is 69.9 Å². The highest BCUT2D eigenvalue weighted by Crippen LogP contribution is 2.34. The number of thiazole rings is 1. The van der Waals surface area contributed by atoms with Gasteiger partial charge in [-0.3, -0.25) is 14.6 Å². The third-order valence-corrected chi connectivity index (χ3v) is 8.14. The quantitative estimate of drug-likeness (QED) is 0.418. The molecule has 1 aliphatic rings. The number of morpholine rings is 1. The molecule has 1 fully saturated rings. The van der Waals surface area contributed by atoms with Crippen molar-refractivity contribution < 1.29 is 17.9 Å². The second kappa shape index (κ2) is 11.0. The van der Waals surface area contributed by atoms with Crippen molar-refractivity contribution in [3.05, 3.63) is 51.5 Å². The zero-order chi connectivity index (χ0) is 22.9. The number of fused-ring (bicyclic) bond motifs is 1. The lowest BCUT2D eigenvalue weighted by atomic mass is 10.2. The van der Waals surface area contributed by atoms with Gasteiger partial charge in [0.05, 0.1) is 33.4 Å². The fraction of sp³-hybridized carbons (Fsp3) is 0.333. The molecule has 7 nitrogen and oxygen atoms in total. The summed E-state index contributed by atoms with van der Waals surface area (Å²) in [4.78, 5) is 22.1. The van der Waals surface area contributed by atoms with Crippen LogP contribution in [0.1, 0.15) is 10.4 Å². The second-order valence-electron chi connectivity index (χ2n) is 7.41. The number of hydrogen-bond donors (Lipinski definition) is 0. The number of benzene rings is 2. The van der Waals surface area contributed by atoms with Crippen molar-refractivity contribution in [3.63, 3.8) is 0 Å². The highest BCUT2D eigenvalue weighted by molar-refractivity contribution is 9.10. The first kappa shape index (κ1) is 26.3. The third kappa shape index (κ3) is 6.05. The molecular formula is C21H22BrCl2N3O4S2. The molecule has 2 aromatic carbocycles. The molecule has 33 heavy (non-hydrogen) atoms. The van der Waals surface area contributed by atoms with Crippen LogP contribution in [0, 0.1) is 0 Å². The van der Waals surface area contributed by atoms with Crippen molar-refractivity contribution in [2.75, 3.05) is 50.5 Å². The number of halogens is 3. The molecule has 1 aromatic heterocycles. The molecule has 1 amide bonds. The topological polar surface area (TPSA) is 79.8 Å². The molecule has 0 unspecified atom stereocenters. The fourth-order valence-electron chi connectivity index (χ4n) is 3.48. The molecule has 1 saturated heterocycles. The normalized spacial score (nSPS) is 14.8. The van der Waals surface area contributed by atoms with E-state index in [1.807, 2.05) is 6.07 Å². The van der Waals surface area contributed by atoms with Crippen LogP contribution < -0.4 is 4.90 Å². The minimum atomic E-state index is -3.46. The summed E-state index contributed by atoms with van der Waals surface area (Å²) >= 11 is 11.0. The zero-order valence-corrected chi connectivity index (χ0v) is 22.5. The van der Waals surface area contributed by atoms with E-state index < -0.39 is 9.84 Å². The number of para-hydroxylation sites is 1. The summed E-state index contributed by atoms with van der Waals surface area (Å²) in [5.41, 5.74) is 0.727. The Hall–Kier alpha value is -1.27. The van der Waals surface area contributed by atoms with E-state index in [1.54, 1.807) is 29.2 Å². The van der Waals surface area contributed by atoms with Crippen molar-refractivity contribution in [2.45, 2.75) is 4.90 Å². The van der Waals surface area contributed by atoms with E-state index in [-0.39, 0.29) is 23.2 Å². The Morgan fingerprint density at radius 1 is 1.27 bits per heavy atom. The first-order chi connectivity index (χ1) is 15.2. The summed E-state index contributed by atoms with van der Waals surface area (Å²) in [6, 6.07) is 10.1. The van der Waals surface area contributed by atoms with E-state index in [0.717, 1.165) is 23.8 Å². The smallest absolute Gasteiger partial charge is 0.261 e. The first-order valence-electron chi connectivity index (χ1n) is 9.90. The molecule has 0 N–H and O–H groups in total. The summed E-state index contributed by atoms with van der Waals surface area (Å²) in [6.45, 7) is 3.91. The molecule has 3 aromatic rings. The molecule has 0 saturated carbocycles. The lowest BCUT2D eigenvalue weighted by Crippen LogP contribution is -2.43. The highest BCUT2D eigenvalue weighted by Gasteiger charge is 2.26. The number of anilines is 1. The average Bonchev–Trinajstić information content (AvgIpc) is 3.19. The molecule has 0 aliphatic carbocycles. The number of carbonyl (C=O) groups is 1. The minimum absolute atomic E-state index is 0. The number of nitrogens with zero attached hydrogens (tertiary/aromatic N) is 3. The van der Waals surface area contributed by atoms with Crippen LogP contribution in [-0.2, 0) is 14.6 Å². The van der Waals surface area contributed by atoms with Crippen LogP contribution in [0.2, 0.25) is 5.02 Å². The molecule has 0 spiro atoms. The summed E-state index contributed by atoms with van der Waals surface area (Å²) < 4.78 is 31.3. The van der Waals surface area contributed by atoms with Gasteiger partial charge in [-0.15, -0.1) is 12.4 Å². The number of sulfone groups is 1. The van der Waals surface area contributed by atoms with Crippen LogP contribution in [0.25, 0.3) is 10.2 Å². The molecule has 12 heteroatoms. The Morgan fingerprint density at radius 3 is 2.70 bits per heavy atom. The molecule has 4 rings (SSSR count). The number of hydrogen-bond acceptors (Lipinski definition) is 7. The van der Waals surface area contributed by atoms with E-state index in [1.165, 1.54) is 17.4 Å². The van der Waals surface area contributed by atoms with E-state index >= 15 is 0 Å². The Bertz CT molecular complexity index is 1260. The van der Waals surface area contributed by atoms with Gasteiger partial charge in [0, 0.05) is 36.9 Å². The first-order valence-corrected chi connectivity index (χ1v) is 13.8. The Labute approximate surface area is 216 Å². The molecular weight excluding hydrogens is 573 g/mol. The minimum Gasteiger partial charge on any atom is -0.379 e. The average molecular weight is 595 g/mol. The lowest BCUT2D eigenvalue weighted by Gasteiger charge is -2.29. The SMILES string of the molecule is CS(=O)(=O)c1cccc2sc(N(CCN3CCOCC3)C(=O)c3cc(Br)ccc3Cl)nc12.Cl. The fourth-order valence-corrected chi connectivity index (χ4v) is 5.96. The van der Waals surface area contributed by atoms with Gasteiger partial charge in [0.25, 0.3) is 5.91 Å². The molecule has 2 heterocycles. The van der Waals surface area contributed by atoms with E-state index in [4.69, 9.17) is 16.3 Å². The predicted molar refractivity (Wildman–Crippen MR) is 138 cm³/mol. The van der Waals surface area contributed by atoms with Gasteiger partial charge < -0.3 is 4.74 Å². The van der Waals surface area contributed by atoms with Gasteiger partial charge in [-0.1, -0.05) is 44.9 Å². The van der Waals surface area contributed by atoms with Crippen molar-refractivity contribution >= 4 is 82.4 Å². The maximum absolute atomic E-state index is 13.6. The number of amides is 1. The number of carbonyl (C=O) groups excluding carboxylic acids is 1. The Morgan fingerprint density at radius 2 is 2.00 bits per heavy atom. The molecule has 178 valence electrons. The van der Waals surface area contributed by atoms with Crippen molar-refractivity contribution in [1.29, 1.82) is 0 Å². The number of rotatable bonds is 6. The van der Waals surface area contributed by atoms with Gasteiger partial charge in [-0.25, -0.2) is 13.4 Å². The van der Waals surface area contributed by atoms with Crippen molar-refractivity contribution in [3.8, 4) is 0 Å². The molecule has 0 atom stereocenters. The standard InChI is InChI=1S/C21H21BrClN3O4S2.ClH/c1-32(28,29)18-4-2-3-17-19(18)24-21(31-17)26(8-7-25-9-11-30-12-10-25)20(27)15-13-14(22)5-6-16(15)23;/h2-6,13H,7-12H2,1H3;1H. The van der Waals surface area contributed by atoms with Gasteiger partial charge in [-0.05, 0) is 30.3 Å². The van der Waals surface area contributed by atoms with Gasteiger partial charge >= 0.3 is 0 Å². The Kier molecular flexibility index (Phi) is 8.77. The van der Waals surface area contributed by atoms with Gasteiger partial charge in [0.15, 0.2) is 15.0 Å². The van der Waals surface area contributed by atoms with Crippen molar-refractivity contribution in [2.24, 2.45) is 0 Å². The van der Waals surface area contributed by atoms with Crippen LogP contribution in [0.5, 0.6) is 0 Å². The molecule has 0 bridgehead atoms. The van der Waals surface area contributed by atoms with E-state index in [9.17, 15) is 13.2 Å².